The number of benzene rings is 2. The first-order valence-electron chi connectivity index (χ1n) is 10.3. The van der Waals surface area contributed by atoms with E-state index in [0.717, 1.165) is 28.8 Å². The predicted octanol–water partition coefficient (Wildman–Crippen LogP) is 3.74. The molecule has 2 amide bonds. The molecule has 9 heteroatoms. The molecular weight excluding hydrogens is 428 g/mol. The van der Waals surface area contributed by atoms with Gasteiger partial charge >= 0.3 is 6.18 Å². The molecule has 1 heterocycles. The molecule has 0 spiro atoms. The zero-order valence-electron chi connectivity index (χ0n) is 17.4. The highest BCUT2D eigenvalue weighted by Crippen LogP contribution is 2.39. The van der Waals surface area contributed by atoms with Crippen LogP contribution in [0.25, 0.3) is 0 Å². The number of fused-ring (bicyclic) bond motifs is 1. The number of amides is 2. The molecule has 0 radical (unpaired) electrons. The number of hydrogen-bond donors (Lipinski definition) is 2. The van der Waals surface area contributed by atoms with Crippen molar-refractivity contribution in [2.75, 3.05) is 11.9 Å². The number of halogens is 4. The number of anilines is 1. The average molecular weight is 450 g/mol. The van der Waals surface area contributed by atoms with Crippen molar-refractivity contribution in [2.45, 2.75) is 50.9 Å². The topological polar surface area (TPSA) is 69.6 Å². The second-order valence-corrected chi connectivity index (χ2v) is 8.44. The van der Waals surface area contributed by atoms with Crippen LogP contribution < -0.4 is 5.32 Å². The van der Waals surface area contributed by atoms with Gasteiger partial charge in [0.05, 0.1) is 12.0 Å². The molecule has 0 atom stereocenters. The lowest BCUT2D eigenvalue weighted by Crippen LogP contribution is -2.43. The standard InChI is InChI=1S/C23H22F4N2O3/c1-13-2-4-15-12-29(21(31)22(32)7-8-22)9-6-16(15)20(13)28-19(30)11-14-3-5-17(18(24)10-14)23(25,26)27/h2-5,10,32H,6-9,11-12H2,1H3,(H,28,30). The first-order valence-corrected chi connectivity index (χ1v) is 10.3. The summed E-state index contributed by atoms with van der Waals surface area (Å²) in [5.41, 5.74) is 0.651. The van der Waals surface area contributed by atoms with Gasteiger partial charge in [0.25, 0.3) is 5.91 Å². The Morgan fingerprint density at radius 1 is 1.19 bits per heavy atom. The number of alkyl halides is 3. The Balaban J connectivity index is 1.49. The molecule has 0 unspecified atom stereocenters. The molecule has 1 saturated carbocycles. The van der Waals surface area contributed by atoms with E-state index in [-0.39, 0.29) is 17.9 Å². The highest BCUT2D eigenvalue weighted by Gasteiger charge is 2.50. The lowest BCUT2D eigenvalue weighted by molar-refractivity contribution is -0.143. The summed E-state index contributed by atoms with van der Waals surface area (Å²) in [5.74, 6) is -2.18. The fourth-order valence-electron chi connectivity index (χ4n) is 4.01. The van der Waals surface area contributed by atoms with E-state index in [2.05, 4.69) is 5.32 Å². The Morgan fingerprint density at radius 3 is 2.53 bits per heavy atom. The first kappa shape index (κ1) is 22.3. The van der Waals surface area contributed by atoms with Crippen LogP contribution in [0.5, 0.6) is 0 Å². The van der Waals surface area contributed by atoms with Crippen molar-refractivity contribution in [1.82, 2.24) is 4.90 Å². The quantitative estimate of drug-likeness (QED) is 0.698. The van der Waals surface area contributed by atoms with Crippen molar-refractivity contribution in [1.29, 1.82) is 0 Å². The minimum Gasteiger partial charge on any atom is -0.380 e. The van der Waals surface area contributed by atoms with Gasteiger partial charge in [-0.05, 0) is 60.6 Å². The summed E-state index contributed by atoms with van der Waals surface area (Å²) in [6.45, 7) is 2.55. The number of rotatable bonds is 4. The van der Waals surface area contributed by atoms with E-state index in [0.29, 0.717) is 44.1 Å². The van der Waals surface area contributed by atoms with E-state index in [1.165, 1.54) is 0 Å². The molecule has 32 heavy (non-hydrogen) atoms. The maximum Gasteiger partial charge on any atom is 0.419 e. The molecule has 0 saturated heterocycles. The molecule has 0 bridgehead atoms. The molecule has 2 N–H and O–H groups in total. The summed E-state index contributed by atoms with van der Waals surface area (Å²) in [5, 5.41) is 12.9. The minimum atomic E-state index is -4.80. The number of carbonyl (C=O) groups excluding carboxylic acids is 2. The van der Waals surface area contributed by atoms with Crippen molar-refractivity contribution in [3.05, 3.63) is 64.0 Å². The lowest BCUT2D eigenvalue weighted by Gasteiger charge is -2.32. The van der Waals surface area contributed by atoms with Crippen molar-refractivity contribution in [3.63, 3.8) is 0 Å². The van der Waals surface area contributed by atoms with Crippen molar-refractivity contribution < 1.29 is 32.3 Å². The molecule has 0 aromatic heterocycles. The van der Waals surface area contributed by atoms with Gasteiger partial charge in [-0.3, -0.25) is 9.59 Å². The van der Waals surface area contributed by atoms with Gasteiger partial charge in [-0.2, -0.15) is 13.2 Å². The van der Waals surface area contributed by atoms with Crippen LogP contribution in [0.1, 0.15) is 40.7 Å². The molecule has 5 nitrogen and oxygen atoms in total. The normalized spacial score (nSPS) is 17.0. The Morgan fingerprint density at radius 2 is 1.91 bits per heavy atom. The van der Waals surface area contributed by atoms with Gasteiger partial charge in [-0.1, -0.05) is 18.2 Å². The van der Waals surface area contributed by atoms with Crippen LogP contribution in [0, 0.1) is 12.7 Å². The van der Waals surface area contributed by atoms with Crippen LogP contribution in [-0.2, 0) is 35.2 Å². The molecule has 1 aliphatic carbocycles. The molecule has 4 rings (SSSR count). The third-order valence-electron chi connectivity index (χ3n) is 5.99. The van der Waals surface area contributed by atoms with Crippen LogP contribution in [-0.4, -0.2) is 34.0 Å². The van der Waals surface area contributed by atoms with E-state index in [1.54, 1.807) is 4.90 Å². The van der Waals surface area contributed by atoms with E-state index >= 15 is 0 Å². The minimum absolute atomic E-state index is 0.130. The number of carbonyl (C=O) groups is 2. The number of aryl methyl sites for hydroxylation is 1. The van der Waals surface area contributed by atoms with Crippen molar-refractivity contribution >= 4 is 17.5 Å². The van der Waals surface area contributed by atoms with Crippen LogP contribution >= 0.6 is 0 Å². The van der Waals surface area contributed by atoms with Gasteiger partial charge in [0, 0.05) is 18.8 Å². The second-order valence-electron chi connectivity index (χ2n) is 8.44. The van der Waals surface area contributed by atoms with E-state index in [4.69, 9.17) is 0 Å². The SMILES string of the molecule is Cc1ccc2c(c1NC(=O)Cc1ccc(C(F)(F)F)c(F)c1)CCN(C(=O)C1(O)CC1)C2. The largest absolute Gasteiger partial charge is 0.419 e. The van der Waals surface area contributed by atoms with Gasteiger partial charge in [0.1, 0.15) is 11.4 Å². The number of nitrogens with zero attached hydrogens (tertiary/aromatic N) is 1. The fraction of sp³-hybridized carbons (Fsp3) is 0.391. The zero-order chi connectivity index (χ0) is 23.3. The maximum absolute atomic E-state index is 13.8. The number of hydrogen-bond acceptors (Lipinski definition) is 3. The summed E-state index contributed by atoms with van der Waals surface area (Å²) in [4.78, 5) is 26.6. The summed E-state index contributed by atoms with van der Waals surface area (Å²) in [7, 11) is 0. The zero-order valence-corrected chi connectivity index (χ0v) is 17.4. The smallest absolute Gasteiger partial charge is 0.380 e. The molecule has 170 valence electrons. The molecule has 1 fully saturated rings. The third kappa shape index (κ3) is 4.34. The summed E-state index contributed by atoms with van der Waals surface area (Å²) >= 11 is 0. The summed E-state index contributed by atoms with van der Waals surface area (Å²) in [6, 6.07) is 6.13. The molecule has 2 aliphatic rings. The second kappa shape index (κ2) is 7.88. The Hall–Kier alpha value is -2.94. The fourth-order valence-corrected chi connectivity index (χ4v) is 4.01. The molecule has 1 aliphatic heterocycles. The Bertz CT molecular complexity index is 1090. The first-order chi connectivity index (χ1) is 15.0. The molecular formula is C23H22F4N2O3. The van der Waals surface area contributed by atoms with Crippen LogP contribution in [0.4, 0.5) is 23.2 Å². The number of nitrogens with one attached hydrogen (secondary N) is 1. The van der Waals surface area contributed by atoms with Crippen LogP contribution in [0.3, 0.4) is 0 Å². The van der Waals surface area contributed by atoms with Gasteiger partial charge < -0.3 is 15.3 Å². The molecule has 2 aromatic rings. The van der Waals surface area contributed by atoms with E-state index < -0.39 is 29.1 Å². The monoisotopic (exact) mass is 450 g/mol. The number of aliphatic hydroxyl groups is 1. The summed E-state index contributed by atoms with van der Waals surface area (Å²) in [6.07, 6.45) is -3.65. The maximum atomic E-state index is 13.8. The lowest BCUT2D eigenvalue weighted by atomic mass is 9.94. The average Bonchev–Trinajstić information content (AvgIpc) is 3.47. The van der Waals surface area contributed by atoms with Gasteiger partial charge in [0.2, 0.25) is 5.91 Å². The van der Waals surface area contributed by atoms with Gasteiger partial charge in [-0.25, -0.2) is 4.39 Å². The Labute approximate surface area is 182 Å². The van der Waals surface area contributed by atoms with Crippen LogP contribution in [0.15, 0.2) is 30.3 Å². The van der Waals surface area contributed by atoms with E-state index in [1.807, 2.05) is 19.1 Å². The third-order valence-corrected chi connectivity index (χ3v) is 5.99. The van der Waals surface area contributed by atoms with Gasteiger partial charge in [-0.15, -0.1) is 0 Å². The van der Waals surface area contributed by atoms with Crippen LogP contribution in [0.2, 0.25) is 0 Å². The highest BCUT2D eigenvalue weighted by atomic mass is 19.4. The molecule has 2 aromatic carbocycles. The van der Waals surface area contributed by atoms with E-state index in [9.17, 15) is 32.3 Å². The summed E-state index contributed by atoms with van der Waals surface area (Å²) < 4.78 is 52.0. The van der Waals surface area contributed by atoms with Crippen molar-refractivity contribution in [3.8, 4) is 0 Å². The predicted molar refractivity (Wildman–Crippen MR) is 108 cm³/mol. The van der Waals surface area contributed by atoms with Crippen molar-refractivity contribution in [2.24, 2.45) is 0 Å². The highest BCUT2D eigenvalue weighted by molar-refractivity contribution is 5.94. The Kier molecular flexibility index (Phi) is 5.48. The van der Waals surface area contributed by atoms with Gasteiger partial charge in [0.15, 0.2) is 0 Å².